The molecule has 21 heavy (non-hydrogen) atoms. The van der Waals surface area contributed by atoms with Crippen molar-refractivity contribution in [2.75, 3.05) is 7.11 Å². The summed E-state index contributed by atoms with van der Waals surface area (Å²) in [4.78, 5) is 24.4. The third-order valence-electron chi connectivity index (χ3n) is 2.94. The van der Waals surface area contributed by atoms with E-state index in [0.717, 1.165) is 11.8 Å². The normalized spacial score (nSPS) is 16.5. The van der Waals surface area contributed by atoms with Gasteiger partial charge in [-0.3, -0.25) is 9.59 Å². The van der Waals surface area contributed by atoms with Gasteiger partial charge in [0.05, 0.1) is 23.0 Å². The van der Waals surface area contributed by atoms with Crippen LogP contribution in [0.15, 0.2) is 38.6 Å². The lowest BCUT2D eigenvalue weighted by Gasteiger charge is -2.02. The number of hydrogen-bond acceptors (Lipinski definition) is 6. The average Bonchev–Trinajstić information content (AvgIpc) is 2.79. The lowest BCUT2D eigenvalue weighted by atomic mass is 10.1. The van der Waals surface area contributed by atoms with E-state index in [4.69, 9.17) is 21.4 Å². The van der Waals surface area contributed by atoms with Crippen molar-refractivity contribution in [1.29, 1.82) is 0 Å². The maximum Gasteiger partial charge on any atom is 0.263 e. The van der Waals surface area contributed by atoms with Crippen LogP contribution < -0.4 is 15.5 Å². The van der Waals surface area contributed by atoms with Gasteiger partial charge in [0.15, 0.2) is 5.43 Å². The summed E-state index contributed by atoms with van der Waals surface area (Å²) in [5.41, 5.74) is 0.522. The second-order valence-corrected chi connectivity index (χ2v) is 5.95. The Morgan fingerprint density at radius 2 is 2.19 bits per heavy atom. The first-order valence-electron chi connectivity index (χ1n) is 5.93. The average molecular weight is 319 g/mol. The molecule has 7 heteroatoms. The first-order valence-corrected chi connectivity index (χ1v) is 7.15. The molecule has 0 saturated carbocycles. The Hall–Kier alpha value is -2.12. The van der Waals surface area contributed by atoms with Crippen LogP contribution in [0.5, 0.6) is 5.75 Å². The van der Waals surface area contributed by atoms with Gasteiger partial charge in [-0.05, 0) is 24.3 Å². The summed E-state index contributed by atoms with van der Waals surface area (Å²) >= 11 is 6.02. The van der Waals surface area contributed by atoms with Gasteiger partial charge >= 0.3 is 0 Å². The molecule has 0 unspecified atom stereocenters. The molecule has 2 aromatic rings. The highest BCUT2D eigenvalue weighted by molar-refractivity contribution is 8.26. The van der Waals surface area contributed by atoms with Crippen molar-refractivity contribution in [1.82, 2.24) is 5.32 Å². The number of rotatable bonds is 2. The Kier molecular flexibility index (Phi) is 3.52. The van der Waals surface area contributed by atoms with Gasteiger partial charge in [0, 0.05) is 0 Å². The SMILES string of the molecule is COc1ccc2occ(/C=C3\SC(=S)NC3=O)c(=O)c2c1. The van der Waals surface area contributed by atoms with Crippen molar-refractivity contribution in [2.45, 2.75) is 0 Å². The topological polar surface area (TPSA) is 68.5 Å². The molecule has 3 rings (SSSR count). The summed E-state index contributed by atoms with van der Waals surface area (Å²) < 4.78 is 10.9. The molecule has 1 N–H and O–H groups in total. The smallest absolute Gasteiger partial charge is 0.263 e. The highest BCUT2D eigenvalue weighted by Crippen LogP contribution is 2.26. The molecule has 0 bridgehead atoms. The summed E-state index contributed by atoms with van der Waals surface area (Å²) in [6.45, 7) is 0. The monoisotopic (exact) mass is 319 g/mol. The predicted octanol–water partition coefficient (Wildman–Crippen LogP) is 2.29. The quantitative estimate of drug-likeness (QED) is 0.676. The van der Waals surface area contributed by atoms with Crippen LogP contribution in [0.4, 0.5) is 0 Å². The van der Waals surface area contributed by atoms with Crippen LogP contribution in [0.1, 0.15) is 5.56 Å². The van der Waals surface area contributed by atoms with Crippen molar-refractivity contribution >= 4 is 51.3 Å². The fourth-order valence-corrected chi connectivity index (χ4v) is 2.95. The Morgan fingerprint density at radius 3 is 2.86 bits per heavy atom. The molecule has 0 atom stereocenters. The molecule has 1 aromatic heterocycles. The van der Waals surface area contributed by atoms with Crippen LogP contribution in [0.2, 0.25) is 0 Å². The standard InChI is InChI=1S/C14H9NO4S2/c1-18-8-2-3-10-9(5-8)12(16)7(6-19-10)4-11-13(17)15-14(20)21-11/h2-6H,1H3,(H,15,17,20)/b11-4-. The van der Waals surface area contributed by atoms with E-state index in [2.05, 4.69) is 5.32 Å². The number of thioether (sulfide) groups is 1. The Balaban J connectivity index is 2.14. The van der Waals surface area contributed by atoms with E-state index < -0.39 is 0 Å². The molecule has 1 aliphatic heterocycles. The Morgan fingerprint density at radius 1 is 1.38 bits per heavy atom. The van der Waals surface area contributed by atoms with E-state index in [-0.39, 0.29) is 16.9 Å². The maximum atomic E-state index is 12.4. The van der Waals surface area contributed by atoms with Gasteiger partial charge in [0.2, 0.25) is 0 Å². The number of fused-ring (bicyclic) bond motifs is 1. The van der Waals surface area contributed by atoms with E-state index in [1.54, 1.807) is 18.2 Å². The molecular weight excluding hydrogens is 310 g/mol. The highest BCUT2D eigenvalue weighted by Gasteiger charge is 2.22. The number of benzene rings is 1. The highest BCUT2D eigenvalue weighted by atomic mass is 32.2. The van der Waals surface area contributed by atoms with Crippen molar-refractivity contribution < 1.29 is 13.9 Å². The Labute approximate surface area is 129 Å². The number of ether oxygens (including phenoxy) is 1. The first-order chi connectivity index (χ1) is 10.1. The number of methoxy groups -OCH3 is 1. The van der Waals surface area contributed by atoms with Crippen LogP contribution in [-0.2, 0) is 4.79 Å². The molecular formula is C14H9NO4S2. The van der Waals surface area contributed by atoms with Gasteiger partial charge in [-0.2, -0.15) is 0 Å². The van der Waals surface area contributed by atoms with Gasteiger partial charge in [0.25, 0.3) is 5.91 Å². The van der Waals surface area contributed by atoms with Crippen molar-refractivity contribution in [3.63, 3.8) is 0 Å². The number of thiocarbonyl (C=S) groups is 1. The lowest BCUT2D eigenvalue weighted by Crippen LogP contribution is -2.17. The minimum Gasteiger partial charge on any atom is -0.497 e. The van der Waals surface area contributed by atoms with Crippen LogP contribution in [0, 0.1) is 0 Å². The van der Waals surface area contributed by atoms with E-state index in [9.17, 15) is 9.59 Å². The molecule has 106 valence electrons. The number of nitrogens with one attached hydrogen (secondary N) is 1. The zero-order valence-corrected chi connectivity index (χ0v) is 12.5. The van der Waals surface area contributed by atoms with E-state index >= 15 is 0 Å². The summed E-state index contributed by atoms with van der Waals surface area (Å²) in [7, 11) is 1.52. The van der Waals surface area contributed by atoms with Gasteiger partial charge in [0.1, 0.15) is 21.9 Å². The van der Waals surface area contributed by atoms with Crippen molar-refractivity contribution in [3.05, 3.63) is 45.2 Å². The molecule has 1 amide bonds. The van der Waals surface area contributed by atoms with Crippen LogP contribution in [0.3, 0.4) is 0 Å². The zero-order chi connectivity index (χ0) is 15.0. The molecule has 5 nitrogen and oxygen atoms in total. The Bertz CT molecular complexity index is 854. The third kappa shape index (κ3) is 2.57. The largest absolute Gasteiger partial charge is 0.497 e. The molecule has 2 heterocycles. The first kappa shape index (κ1) is 13.8. The van der Waals surface area contributed by atoms with Gasteiger partial charge in [-0.25, -0.2) is 0 Å². The molecule has 1 fully saturated rings. The second-order valence-electron chi connectivity index (χ2n) is 4.23. The summed E-state index contributed by atoms with van der Waals surface area (Å²) in [6.07, 6.45) is 2.81. The fourth-order valence-electron chi connectivity index (χ4n) is 1.91. The number of amides is 1. The second kappa shape index (κ2) is 5.34. The number of hydrogen-bond donors (Lipinski definition) is 1. The number of carbonyl (C=O) groups is 1. The van der Waals surface area contributed by atoms with Crippen molar-refractivity contribution in [3.8, 4) is 5.75 Å². The van der Waals surface area contributed by atoms with Crippen LogP contribution >= 0.6 is 24.0 Å². The minimum atomic E-state index is -0.310. The third-order valence-corrected chi connectivity index (χ3v) is 4.10. The number of carbonyl (C=O) groups excluding carboxylic acids is 1. The van der Waals surface area contributed by atoms with E-state index in [1.807, 2.05) is 0 Å². The van der Waals surface area contributed by atoms with Crippen LogP contribution in [0.25, 0.3) is 17.0 Å². The summed E-state index contributed by atoms with van der Waals surface area (Å²) in [6, 6.07) is 4.98. The summed E-state index contributed by atoms with van der Waals surface area (Å²) in [5.74, 6) is 0.254. The van der Waals surface area contributed by atoms with E-state index in [0.29, 0.717) is 25.9 Å². The van der Waals surface area contributed by atoms with Gasteiger partial charge < -0.3 is 14.5 Å². The molecule has 1 aromatic carbocycles. The van der Waals surface area contributed by atoms with E-state index in [1.165, 1.54) is 19.4 Å². The van der Waals surface area contributed by atoms with Crippen molar-refractivity contribution in [2.24, 2.45) is 0 Å². The minimum absolute atomic E-state index is 0.228. The lowest BCUT2D eigenvalue weighted by molar-refractivity contribution is -0.115. The molecule has 0 radical (unpaired) electrons. The molecule has 0 spiro atoms. The molecule has 0 aliphatic carbocycles. The predicted molar refractivity (Wildman–Crippen MR) is 85.3 cm³/mol. The molecule has 1 saturated heterocycles. The van der Waals surface area contributed by atoms with Crippen LogP contribution in [-0.4, -0.2) is 17.3 Å². The fraction of sp³-hybridized carbons (Fsp3) is 0.0714. The zero-order valence-electron chi connectivity index (χ0n) is 10.8. The van der Waals surface area contributed by atoms with Gasteiger partial charge in [-0.1, -0.05) is 24.0 Å². The molecule has 1 aliphatic rings. The van der Waals surface area contributed by atoms with Gasteiger partial charge in [-0.15, -0.1) is 0 Å². The summed E-state index contributed by atoms with van der Waals surface area (Å²) in [5, 5.41) is 2.89. The maximum absolute atomic E-state index is 12.4.